The van der Waals surface area contributed by atoms with Gasteiger partial charge in [-0.1, -0.05) is 15.9 Å². The number of halogens is 6. The first-order valence-electron chi connectivity index (χ1n) is 9.69. The summed E-state index contributed by atoms with van der Waals surface area (Å²) < 4.78 is 58.5. The van der Waals surface area contributed by atoms with E-state index in [0.717, 1.165) is 4.47 Å². The molecule has 2 N–H and O–H groups in total. The van der Waals surface area contributed by atoms with Crippen LogP contribution in [0.25, 0.3) is 0 Å². The number of nitrogens with zero attached hydrogens (tertiary/aromatic N) is 1. The van der Waals surface area contributed by atoms with Gasteiger partial charge in [0.1, 0.15) is 29.7 Å². The molecule has 0 bridgehead atoms. The Bertz CT molecular complexity index is 1380. The van der Waals surface area contributed by atoms with Crippen LogP contribution in [0.4, 0.5) is 13.2 Å². The highest BCUT2D eigenvalue weighted by Crippen LogP contribution is 2.53. The number of ether oxygens (including phenoxy) is 3. The molecule has 2 heterocycles. The number of fused-ring (bicyclic) bond motifs is 4. The number of hydrogen-bond donors (Lipinski definition) is 1. The van der Waals surface area contributed by atoms with Crippen molar-refractivity contribution >= 4 is 60.0 Å². The van der Waals surface area contributed by atoms with Gasteiger partial charge in [-0.25, -0.2) is 18.2 Å². The molecular weight excluding hydrogens is 681 g/mol. The maximum atomic E-state index is 14.5. The molecule has 188 valence electrons. The van der Waals surface area contributed by atoms with Crippen molar-refractivity contribution in [2.24, 2.45) is 10.7 Å². The predicted molar refractivity (Wildman–Crippen MR) is 132 cm³/mol. The summed E-state index contributed by atoms with van der Waals surface area (Å²) in [6.45, 7) is 0.0485. The number of aliphatic imine (C=N–C) groups is 1. The molecule has 0 saturated heterocycles. The molecular formula is C23H14Br3F3N2O5. The molecule has 7 nitrogen and oxygen atoms in total. The first kappa shape index (κ1) is 27.7. The highest BCUT2D eigenvalue weighted by atomic mass is 79.9. The molecule has 3 aromatic rings. The zero-order valence-corrected chi connectivity index (χ0v) is 22.8. The fourth-order valence-electron chi connectivity index (χ4n) is 3.47. The quantitative estimate of drug-likeness (QED) is 0.305. The minimum absolute atomic E-state index is 0.0301. The first-order valence-corrected chi connectivity index (χ1v) is 12.1. The van der Waals surface area contributed by atoms with Crippen molar-refractivity contribution in [1.29, 1.82) is 0 Å². The third-order valence-corrected chi connectivity index (χ3v) is 6.73. The van der Waals surface area contributed by atoms with Crippen LogP contribution in [0.2, 0.25) is 0 Å². The summed E-state index contributed by atoms with van der Waals surface area (Å²) in [5, 5.41) is 0. The first-order chi connectivity index (χ1) is 17.1. The Hall–Kier alpha value is -2.86. The van der Waals surface area contributed by atoms with Crippen molar-refractivity contribution in [3.8, 4) is 17.2 Å². The average molecular weight is 695 g/mol. The van der Waals surface area contributed by atoms with Crippen molar-refractivity contribution < 1.29 is 37.0 Å². The van der Waals surface area contributed by atoms with E-state index in [1.54, 1.807) is 18.2 Å². The van der Waals surface area contributed by atoms with Crippen molar-refractivity contribution in [2.75, 3.05) is 13.7 Å². The van der Waals surface area contributed by atoms with Gasteiger partial charge >= 0.3 is 6.15 Å². The Morgan fingerprint density at radius 1 is 0.972 bits per heavy atom. The number of rotatable bonds is 1. The monoisotopic (exact) mass is 692 g/mol. The Labute approximate surface area is 227 Å². The maximum absolute atomic E-state index is 14.5. The van der Waals surface area contributed by atoms with Crippen LogP contribution in [0.15, 0.2) is 60.9 Å². The summed E-state index contributed by atoms with van der Waals surface area (Å²) >= 11 is 9.32. The largest absolute Gasteiger partial charge is 0.497 e. The molecule has 1 atom stereocenters. The molecule has 1 spiro atoms. The van der Waals surface area contributed by atoms with Crippen molar-refractivity contribution in [1.82, 2.24) is 0 Å². The van der Waals surface area contributed by atoms with E-state index in [-0.39, 0.29) is 40.6 Å². The molecule has 13 heteroatoms. The van der Waals surface area contributed by atoms with Crippen LogP contribution in [0.5, 0.6) is 17.2 Å². The van der Waals surface area contributed by atoms with E-state index in [0.29, 0.717) is 21.3 Å². The van der Waals surface area contributed by atoms with E-state index in [1.807, 2.05) is 0 Å². The number of amidine groups is 1. The zero-order chi connectivity index (χ0) is 26.6. The summed E-state index contributed by atoms with van der Waals surface area (Å²) in [4.78, 5) is 20.6. The lowest BCUT2D eigenvalue weighted by atomic mass is 9.81. The lowest BCUT2D eigenvalue weighted by Gasteiger charge is -2.33. The third-order valence-electron chi connectivity index (χ3n) is 4.99. The molecule has 2 aliphatic rings. The molecule has 3 aromatic carbocycles. The van der Waals surface area contributed by atoms with Gasteiger partial charge in [-0.05, 0) is 62.2 Å². The molecule has 0 saturated carbocycles. The summed E-state index contributed by atoms with van der Waals surface area (Å²) in [5.74, 6) is -0.999. The predicted octanol–water partition coefficient (Wildman–Crippen LogP) is 6.20. The van der Waals surface area contributed by atoms with E-state index in [2.05, 4.69) is 52.8 Å². The minimum atomic E-state index is -1.13. The topological polar surface area (TPSA) is 100 Å². The second-order valence-corrected chi connectivity index (χ2v) is 9.72. The van der Waals surface area contributed by atoms with Crippen LogP contribution >= 0.6 is 47.8 Å². The molecule has 0 aromatic heterocycles. The summed E-state index contributed by atoms with van der Waals surface area (Å²) in [7, 11) is 1.43. The zero-order valence-electron chi connectivity index (χ0n) is 18.1. The Kier molecular flexibility index (Phi) is 8.83. The van der Waals surface area contributed by atoms with Crippen LogP contribution in [0, 0.1) is 17.5 Å². The van der Waals surface area contributed by atoms with Gasteiger partial charge in [0, 0.05) is 27.7 Å². The summed E-state index contributed by atoms with van der Waals surface area (Å²) in [5.41, 5.74) is 5.51. The molecule has 0 aliphatic carbocycles. The average Bonchev–Trinajstić information content (AvgIpc) is 3.22. The van der Waals surface area contributed by atoms with Gasteiger partial charge in [0.05, 0.1) is 16.1 Å². The number of carbonyl (C=O) groups excluding carboxylic acids is 2. The van der Waals surface area contributed by atoms with Crippen LogP contribution in [-0.4, -0.2) is 25.9 Å². The second kappa shape index (κ2) is 11.5. The number of methoxy groups -OCH3 is 1. The third kappa shape index (κ3) is 5.59. The smallest absolute Gasteiger partial charge is 0.373 e. The fourth-order valence-corrected chi connectivity index (χ4v) is 4.39. The maximum Gasteiger partial charge on any atom is 0.373 e. The van der Waals surface area contributed by atoms with E-state index >= 15 is 0 Å². The summed E-state index contributed by atoms with van der Waals surface area (Å²) in [6, 6.07) is 10.3. The van der Waals surface area contributed by atoms with Crippen molar-refractivity contribution in [2.45, 2.75) is 5.54 Å². The molecule has 0 amide bonds. The molecule has 0 radical (unpaired) electrons. The lowest BCUT2D eigenvalue weighted by Crippen LogP contribution is -2.31. The normalized spacial score (nSPS) is 16.5. The van der Waals surface area contributed by atoms with Gasteiger partial charge in [0.15, 0.2) is 17.1 Å². The highest BCUT2D eigenvalue weighted by Gasteiger charge is 2.48. The lowest BCUT2D eigenvalue weighted by molar-refractivity contribution is -0.191. The van der Waals surface area contributed by atoms with Crippen LogP contribution in [0.1, 0.15) is 11.1 Å². The second-order valence-electron chi connectivity index (χ2n) is 7.09. The van der Waals surface area contributed by atoms with Crippen LogP contribution in [-0.2, 0) is 19.9 Å². The van der Waals surface area contributed by atoms with Crippen molar-refractivity contribution in [3.05, 3.63) is 84.5 Å². The van der Waals surface area contributed by atoms with Gasteiger partial charge in [0.25, 0.3) is 6.02 Å². The molecule has 2 aliphatic heterocycles. The Morgan fingerprint density at radius 3 is 2.19 bits per heavy atom. The molecule has 1 unspecified atom stereocenters. The fraction of sp³-hybridized carbons (Fsp3) is 0.130. The SMILES string of the molecule is COc1cc(F)c2c(c1)C1(COC(N)=N1)c1cc(Br)c(F)cc1O2.Fc1cc(Br)ccc1Br.O=C=O. The summed E-state index contributed by atoms with van der Waals surface area (Å²) in [6.07, 6.45) is 0.250. The number of hydrogen-bond acceptors (Lipinski definition) is 7. The van der Waals surface area contributed by atoms with Gasteiger partial charge in [-0.15, -0.1) is 0 Å². The molecule has 0 fully saturated rings. The van der Waals surface area contributed by atoms with Gasteiger partial charge in [0.2, 0.25) is 0 Å². The van der Waals surface area contributed by atoms with Crippen molar-refractivity contribution in [3.63, 3.8) is 0 Å². The van der Waals surface area contributed by atoms with E-state index in [4.69, 9.17) is 29.5 Å². The highest BCUT2D eigenvalue weighted by molar-refractivity contribution is 9.11. The van der Waals surface area contributed by atoms with Gasteiger partial charge in [-0.2, -0.15) is 9.59 Å². The Balaban J connectivity index is 0.000000251. The van der Waals surface area contributed by atoms with E-state index in [9.17, 15) is 13.2 Å². The number of nitrogens with two attached hydrogens (primary N) is 1. The van der Waals surface area contributed by atoms with Crippen LogP contribution in [0.3, 0.4) is 0 Å². The van der Waals surface area contributed by atoms with E-state index in [1.165, 1.54) is 31.4 Å². The standard InChI is InChI=1S/C16H11BrF2N2O3.C6H3Br2F.CO2/c1-22-7-2-9-14(12(19)3-7)24-13-5-11(18)10(17)4-8(13)16(9)6-23-15(20)21-16;7-4-1-2-5(8)6(9)3-4;2-1-3/h2-5H,6H2,1H3,(H2,20,21);1-3H;. The Morgan fingerprint density at radius 2 is 1.64 bits per heavy atom. The minimum Gasteiger partial charge on any atom is -0.497 e. The van der Waals surface area contributed by atoms with Gasteiger partial charge in [-0.3, -0.25) is 0 Å². The molecule has 36 heavy (non-hydrogen) atoms. The van der Waals surface area contributed by atoms with Gasteiger partial charge < -0.3 is 19.9 Å². The van der Waals surface area contributed by atoms with Crippen LogP contribution < -0.4 is 15.2 Å². The van der Waals surface area contributed by atoms with E-state index < -0.39 is 17.2 Å². The number of benzene rings is 3. The molecule has 5 rings (SSSR count).